The van der Waals surface area contributed by atoms with Gasteiger partial charge in [0, 0.05) is 37.8 Å². The minimum atomic E-state index is -0.455. The predicted molar refractivity (Wildman–Crippen MR) is 98.0 cm³/mol. The van der Waals surface area contributed by atoms with Crippen molar-refractivity contribution in [1.29, 1.82) is 0 Å². The molecule has 1 unspecified atom stereocenters. The van der Waals surface area contributed by atoms with E-state index in [1.54, 1.807) is 14.7 Å². The Morgan fingerprint density at radius 3 is 2.70 bits per heavy atom. The average Bonchev–Trinajstić information content (AvgIpc) is 3.40. The molecule has 3 amide bonds. The summed E-state index contributed by atoms with van der Waals surface area (Å²) in [4.78, 5) is 43.3. The summed E-state index contributed by atoms with van der Waals surface area (Å²) >= 11 is 0. The molecule has 0 aromatic carbocycles. The van der Waals surface area contributed by atoms with Gasteiger partial charge in [0.05, 0.1) is 6.54 Å². The van der Waals surface area contributed by atoms with E-state index in [2.05, 4.69) is 10.2 Å². The summed E-state index contributed by atoms with van der Waals surface area (Å²) in [7, 11) is 0. The molecule has 0 radical (unpaired) electrons. The van der Waals surface area contributed by atoms with E-state index in [1.807, 2.05) is 19.9 Å². The first-order chi connectivity index (χ1) is 12.9. The molecule has 8 nitrogen and oxygen atoms in total. The van der Waals surface area contributed by atoms with E-state index in [-0.39, 0.29) is 24.3 Å². The Morgan fingerprint density at radius 1 is 1.22 bits per heavy atom. The van der Waals surface area contributed by atoms with Gasteiger partial charge in [0.25, 0.3) is 5.91 Å². The summed E-state index contributed by atoms with van der Waals surface area (Å²) in [6.07, 6.45) is 2.77. The molecule has 8 heteroatoms. The monoisotopic (exact) mass is 373 g/mol. The van der Waals surface area contributed by atoms with Gasteiger partial charge in [-0.1, -0.05) is 13.8 Å². The van der Waals surface area contributed by atoms with E-state index in [0.717, 1.165) is 18.5 Å². The van der Waals surface area contributed by atoms with Gasteiger partial charge >= 0.3 is 0 Å². The van der Waals surface area contributed by atoms with Crippen LogP contribution < -0.4 is 0 Å². The number of piperazine rings is 1. The molecule has 146 valence electrons. The Labute approximate surface area is 158 Å². The van der Waals surface area contributed by atoms with Gasteiger partial charge in [0.1, 0.15) is 11.7 Å². The number of carbonyl (C=O) groups excluding carboxylic acids is 3. The van der Waals surface area contributed by atoms with Gasteiger partial charge in [-0.05, 0) is 31.2 Å². The average molecular weight is 373 g/mol. The van der Waals surface area contributed by atoms with Crippen molar-refractivity contribution in [3.8, 4) is 0 Å². The number of H-pyrrole nitrogens is 1. The number of aromatic amines is 1. The molecule has 1 aromatic heterocycles. The molecule has 0 spiro atoms. The Kier molecular flexibility index (Phi) is 4.65. The number of rotatable bonds is 4. The van der Waals surface area contributed by atoms with E-state index in [9.17, 15) is 14.4 Å². The molecule has 27 heavy (non-hydrogen) atoms. The lowest BCUT2D eigenvalue weighted by molar-refractivity contribution is -0.156. The summed E-state index contributed by atoms with van der Waals surface area (Å²) in [5, 5.41) is 7.15. The SMILES string of the molecule is CC(C)CN1CC(=O)N2CCN(C(=O)c3cc(C4CC4)[nH]n3)CCC2C1=O. The number of nitrogens with zero attached hydrogens (tertiary/aromatic N) is 4. The van der Waals surface area contributed by atoms with Crippen molar-refractivity contribution in [1.82, 2.24) is 24.9 Å². The normalized spacial score (nSPS) is 23.7. The lowest BCUT2D eigenvalue weighted by atomic mass is 10.1. The van der Waals surface area contributed by atoms with Crippen LogP contribution in [0.2, 0.25) is 0 Å². The molecule has 2 saturated heterocycles. The van der Waals surface area contributed by atoms with Gasteiger partial charge in [-0.2, -0.15) is 5.10 Å². The molecule has 1 atom stereocenters. The van der Waals surface area contributed by atoms with Gasteiger partial charge in [0.2, 0.25) is 11.8 Å². The maximum atomic E-state index is 12.8. The third-order valence-corrected chi connectivity index (χ3v) is 5.61. The quantitative estimate of drug-likeness (QED) is 0.846. The molecule has 0 bridgehead atoms. The van der Waals surface area contributed by atoms with Crippen molar-refractivity contribution >= 4 is 17.7 Å². The highest BCUT2D eigenvalue weighted by Crippen LogP contribution is 2.39. The number of aromatic nitrogens is 2. The molecule has 1 N–H and O–H groups in total. The third kappa shape index (κ3) is 3.57. The van der Waals surface area contributed by atoms with Crippen molar-refractivity contribution < 1.29 is 14.4 Å². The fourth-order valence-electron chi connectivity index (χ4n) is 4.04. The zero-order valence-corrected chi connectivity index (χ0v) is 16.0. The van der Waals surface area contributed by atoms with E-state index in [1.165, 1.54) is 0 Å². The maximum absolute atomic E-state index is 12.8. The van der Waals surface area contributed by atoms with Crippen LogP contribution in [0.3, 0.4) is 0 Å². The van der Waals surface area contributed by atoms with Crippen LogP contribution in [0, 0.1) is 5.92 Å². The second kappa shape index (κ2) is 6.98. The van der Waals surface area contributed by atoms with Crippen LogP contribution in [0.4, 0.5) is 0 Å². The molecule has 3 aliphatic rings. The molecule has 1 aliphatic carbocycles. The van der Waals surface area contributed by atoms with Crippen molar-refractivity contribution in [2.24, 2.45) is 5.92 Å². The first kappa shape index (κ1) is 18.0. The minimum absolute atomic E-state index is 0.00777. The Balaban J connectivity index is 1.45. The molecular weight excluding hydrogens is 346 g/mol. The summed E-state index contributed by atoms with van der Waals surface area (Å²) < 4.78 is 0. The molecule has 1 aromatic rings. The predicted octanol–water partition coefficient (Wildman–Crippen LogP) is 0.828. The zero-order chi connectivity index (χ0) is 19.1. The topological polar surface area (TPSA) is 89.6 Å². The molecule has 2 aliphatic heterocycles. The highest BCUT2D eigenvalue weighted by Gasteiger charge is 2.41. The van der Waals surface area contributed by atoms with Crippen LogP contribution in [-0.4, -0.2) is 81.4 Å². The highest BCUT2D eigenvalue weighted by atomic mass is 16.2. The van der Waals surface area contributed by atoms with Crippen molar-refractivity contribution in [2.75, 3.05) is 32.7 Å². The van der Waals surface area contributed by atoms with Crippen LogP contribution in [0.15, 0.2) is 6.07 Å². The molecule has 1 saturated carbocycles. The van der Waals surface area contributed by atoms with E-state index < -0.39 is 6.04 Å². The van der Waals surface area contributed by atoms with Crippen molar-refractivity contribution in [3.05, 3.63) is 17.5 Å². The first-order valence-electron chi connectivity index (χ1n) is 9.87. The fourth-order valence-corrected chi connectivity index (χ4v) is 4.04. The van der Waals surface area contributed by atoms with Crippen LogP contribution in [-0.2, 0) is 9.59 Å². The molecule has 4 rings (SSSR count). The minimum Gasteiger partial charge on any atom is -0.335 e. The van der Waals surface area contributed by atoms with Gasteiger partial charge in [-0.15, -0.1) is 0 Å². The first-order valence-corrected chi connectivity index (χ1v) is 9.87. The van der Waals surface area contributed by atoms with Gasteiger partial charge in [0.15, 0.2) is 0 Å². The highest BCUT2D eigenvalue weighted by molar-refractivity contribution is 5.96. The van der Waals surface area contributed by atoms with Gasteiger partial charge in [-0.25, -0.2) is 0 Å². The van der Waals surface area contributed by atoms with Gasteiger partial charge in [-0.3, -0.25) is 19.5 Å². The summed E-state index contributed by atoms with van der Waals surface area (Å²) in [5.74, 6) is 0.687. The second-order valence-corrected chi connectivity index (χ2v) is 8.28. The van der Waals surface area contributed by atoms with Crippen LogP contribution in [0.5, 0.6) is 0 Å². The van der Waals surface area contributed by atoms with Gasteiger partial charge < -0.3 is 14.7 Å². The van der Waals surface area contributed by atoms with E-state index in [0.29, 0.717) is 50.1 Å². The van der Waals surface area contributed by atoms with Crippen LogP contribution >= 0.6 is 0 Å². The van der Waals surface area contributed by atoms with Crippen LogP contribution in [0.1, 0.15) is 55.2 Å². The maximum Gasteiger partial charge on any atom is 0.274 e. The molecule has 3 fully saturated rings. The third-order valence-electron chi connectivity index (χ3n) is 5.61. The van der Waals surface area contributed by atoms with Crippen LogP contribution in [0.25, 0.3) is 0 Å². The molecular formula is C19H27N5O3. The summed E-state index contributed by atoms with van der Waals surface area (Å²) in [6, 6.07) is 1.39. The lowest BCUT2D eigenvalue weighted by Gasteiger charge is -2.39. The molecule has 3 heterocycles. The fraction of sp³-hybridized carbons (Fsp3) is 0.684. The number of carbonyl (C=O) groups is 3. The van der Waals surface area contributed by atoms with E-state index >= 15 is 0 Å². The standard InChI is InChI=1S/C19H27N5O3/c1-12(2)10-23-11-17(25)24-8-7-22(6-5-16(24)19(23)27)18(26)15-9-14(20-21-15)13-3-4-13/h9,12-13,16H,3-8,10-11H2,1-2H3,(H,20,21). The smallest absolute Gasteiger partial charge is 0.274 e. The second-order valence-electron chi connectivity index (χ2n) is 8.28. The van der Waals surface area contributed by atoms with E-state index in [4.69, 9.17) is 0 Å². The Hall–Kier alpha value is -2.38. The number of hydrogen-bond donors (Lipinski definition) is 1. The van der Waals surface area contributed by atoms with Crippen molar-refractivity contribution in [2.45, 2.75) is 45.1 Å². The van der Waals surface area contributed by atoms with Crippen molar-refractivity contribution in [3.63, 3.8) is 0 Å². The largest absolute Gasteiger partial charge is 0.335 e. The summed E-state index contributed by atoms with van der Waals surface area (Å²) in [6.45, 7) is 6.11. The lowest BCUT2D eigenvalue weighted by Crippen LogP contribution is -2.60. The zero-order valence-electron chi connectivity index (χ0n) is 16.0. The number of hydrogen-bond acceptors (Lipinski definition) is 4. The Bertz CT molecular complexity index is 754. The summed E-state index contributed by atoms with van der Waals surface area (Å²) in [5.41, 5.74) is 1.45. The number of amides is 3. The number of nitrogens with one attached hydrogen (secondary N) is 1. The number of fused-ring (bicyclic) bond motifs is 1. The Morgan fingerprint density at radius 2 is 2.00 bits per heavy atom.